The van der Waals surface area contributed by atoms with Crippen LogP contribution in [0.3, 0.4) is 0 Å². The Morgan fingerprint density at radius 2 is 2.11 bits per heavy atom. The van der Waals surface area contributed by atoms with E-state index in [1.807, 2.05) is 24.1 Å². The Balaban J connectivity index is 1.76. The molecular formula is C19H28N6O2. The third-order valence-corrected chi connectivity index (χ3v) is 5.67. The number of aliphatic hydroxyl groups is 1. The highest BCUT2D eigenvalue weighted by Crippen LogP contribution is 2.38. The molecule has 0 radical (unpaired) electrons. The quantitative estimate of drug-likeness (QED) is 0.851. The molecule has 8 heteroatoms. The van der Waals surface area contributed by atoms with Crippen molar-refractivity contribution in [2.45, 2.75) is 50.7 Å². The van der Waals surface area contributed by atoms with Crippen LogP contribution < -0.4 is 9.80 Å². The molecule has 146 valence electrons. The predicted octanol–water partition coefficient (Wildman–Crippen LogP) is 2.34. The summed E-state index contributed by atoms with van der Waals surface area (Å²) >= 11 is 0. The normalized spacial score (nSPS) is 22.6. The molecule has 3 heterocycles. The van der Waals surface area contributed by atoms with Gasteiger partial charge in [-0.3, -0.25) is 10.00 Å². The summed E-state index contributed by atoms with van der Waals surface area (Å²) in [6.45, 7) is 4.27. The van der Waals surface area contributed by atoms with Gasteiger partial charge in [-0.15, -0.1) is 0 Å². The van der Waals surface area contributed by atoms with Crippen LogP contribution in [0.1, 0.15) is 44.7 Å². The maximum absolute atomic E-state index is 11.3. The maximum Gasteiger partial charge on any atom is 0.233 e. The van der Waals surface area contributed by atoms with Crippen LogP contribution in [-0.2, 0) is 10.3 Å². The molecule has 2 aromatic rings. The molecule has 8 nitrogen and oxygen atoms in total. The second-order valence-corrected chi connectivity index (χ2v) is 7.62. The Kier molecular flexibility index (Phi) is 5.01. The standard InChI is InChI=1S/C19H28N6O2/c1-14-13-27-11-10-25(14)17-12-15(19(26)7-4-3-5-8-19)21-18(22-17)24(2)16-6-9-20-23-16/h6,9,12,14,26H,3-5,7-8,10-11,13H2,1-2H3,(H,20,23)/t14-/m1/s1. The van der Waals surface area contributed by atoms with Gasteiger partial charge in [0, 0.05) is 25.7 Å². The lowest BCUT2D eigenvalue weighted by atomic mass is 9.82. The zero-order valence-electron chi connectivity index (χ0n) is 16.1. The number of aromatic nitrogens is 4. The molecule has 0 bridgehead atoms. The van der Waals surface area contributed by atoms with Crippen LogP contribution in [0, 0.1) is 0 Å². The van der Waals surface area contributed by atoms with Crippen molar-refractivity contribution >= 4 is 17.6 Å². The molecule has 1 aliphatic heterocycles. The molecule has 2 fully saturated rings. The van der Waals surface area contributed by atoms with Crippen LogP contribution in [0.25, 0.3) is 0 Å². The summed E-state index contributed by atoms with van der Waals surface area (Å²) in [4.78, 5) is 13.7. The van der Waals surface area contributed by atoms with Gasteiger partial charge in [-0.05, 0) is 19.8 Å². The average molecular weight is 372 g/mol. The second kappa shape index (κ2) is 7.44. The number of ether oxygens (including phenoxy) is 1. The number of morpholine rings is 1. The Morgan fingerprint density at radius 1 is 1.30 bits per heavy atom. The largest absolute Gasteiger partial charge is 0.384 e. The molecule has 2 aliphatic rings. The van der Waals surface area contributed by atoms with E-state index in [-0.39, 0.29) is 6.04 Å². The lowest BCUT2D eigenvalue weighted by Crippen LogP contribution is -2.44. The number of anilines is 3. The summed E-state index contributed by atoms with van der Waals surface area (Å²) in [5, 5.41) is 18.3. The Labute approximate surface area is 159 Å². The summed E-state index contributed by atoms with van der Waals surface area (Å²) < 4.78 is 5.58. The fraction of sp³-hybridized carbons (Fsp3) is 0.632. The van der Waals surface area contributed by atoms with E-state index in [1.165, 1.54) is 6.42 Å². The molecule has 0 aromatic carbocycles. The first-order valence-electron chi connectivity index (χ1n) is 9.76. The van der Waals surface area contributed by atoms with Gasteiger partial charge in [0.2, 0.25) is 5.95 Å². The lowest BCUT2D eigenvalue weighted by molar-refractivity contribution is -0.00465. The minimum atomic E-state index is -0.880. The average Bonchev–Trinajstić information content (AvgIpc) is 3.23. The van der Waals surface area contributed by atoms with E-state index < -0.39 is 5.60 Å². The number of H-pyrrole nitrogens is 1. The zero-order valence-corrected chi connectivity index (χ0v) is 16.1. The van der Waals surface area contributed by atoms with E-state index >= 15 is 0 Å². The van der Waals surface area contributed by atoms with E-state index in [1.54, 1.807) is 6.20 Å². The highest BCUT2D eigenvalue weighted by molar-refractivity contribution is 5.55. The van der Waals surface area contributed by atoms with E-state index in [2.05, 4.69) is 22.0 Å². The summed E-state index contributed by atoms with van der Waals surface area (Å²) in [6.07, 6.45) is 6.41. The van der Waals surface area contributed by atoms with Gasteiger partial charge >= 0.3 is 0 Å². The Morgan fingerprint density at radius 3 is 2.81 bits per heavy atom. The van der Waals surface area contributed by atoms with Crippen LogP contribution in [0.2, 0.25) is 0 Å². The molecule has 1 aliphatic carbocycles. The number of hydrogen-bond acceptors (Lipinski definition) is 7. The fourth-order valence-corrected chi connectivity index (χ4v) is 3.96. The van der Waals surface area contributed by atoms with Crippen LogP contribution in [0.15, 0.2) is 18.3 Å². The fourth-order valence-electron chi connectivity index (χ4n) is 3.96. The van der Waals surface area contributed by atoms with E-state index in [0.717, 1.165) is 43.9 Å². The monoisotopic (exact) mass is 372 g/mol. The minimum Gasteiger partial charge on any atom is -0.384 e. The van der Waals surface area contributed by atoms with Gasteiger partial charge in [0.05, 0.1) is 31.1 Å². The van der Waals surface area contributed by atoms with Crippen molar-refractivity contribution in [3.05, 3.63) is 24.0 Å². The predicted molar refractivity (Wildman–Crippen MR) is 103 cm³/mol. The number of nitrogens with one attached hydrogen (secondary N) is 1. The first-order valence-corrected chi connectivity index (χ1v) is 9.76. The third-order valence-electron chi connectivity index (χ3n) is 5.67. The molecular weight excluding hydrogens is 344 g/mol. The molecule has 4 rings (SSSR count). The van der Waals surface area contributed by atoms with Gasteiger partial charge in [0.1, 0.15) is 17.2 Å². The SMILES string of the molecule is C[C@@H]1COCCN1c1cc(C2(O)CCCCC2)nc(N(C)c2ccn[nH]2)n1. The molecule has 2 aromatic heterocycles. The highest BCUT2D eigenvalue weighted by Gasteiger charge is 2.35. The number of hydrogen-bond donors (Lipinski definition) is 2. The molecule has 1 saturated carbocycles. The van der Waals surface area contributed by atoms with Crippen LogP contribution in [0.5, 0.6) is 0 Å². The first kappa shape index (κ1) is 18.2. The number of nitrogens with zero attached hydrogens (tertiary/aromatic N) is 5. The molecule has 1 atom stereocenters. The van der Waals surface area contributed by atoms with Gasteiger partial charge in [-0.1, -0.05) is 19.3 Å². The van der Waals surface area contributed by atoms with Crippen molar-refractivity contribution in [2.75, 3.05) is 36.6 Å². The van der Waals surface area contributed by atoms with Crippen molar-refractivity contribution in [3.63, 3.8) is 0 Å². The van der Waals surface area contributed by atoms with Crippen LogP contribution in [0.4, 0.5) is 17.6 Å². The van der Waals surface area contributed by atoms with E-state index in [0.29, 0.717) is 24.9 Å². The molecule has 0 amide bonds. The first-order chi connectivity index (χ1) is 13.1. The smallest absolute Gasteiger partial charge is 0.233 e. The lowest BCUT2D eigenvalue weighted by Gasteiger charge is -2.36. The van der Waals surface area contributed by atoms with Gasteiger partial charge < -0.3 is 14.7 Å². The van der Waals surface area contributed by atoms with Crippen LogP contribution in [-0.4, -0.2) is 58.1 Å². The third kappa shape index (κ3) is 3.64. The summed E-state index contributed by atoms with van der Waals surface area (Å²) in [5.74, 6) is 2.21. The Bertz CT molecular complexity index is 760. The van der Waals surface area contributed by atoms with Gasteiger partial charge in [0.25, 0.3) is 0 Å². The van der Waals surface area contributed by atoms with E-state index in [4.69, 9.17) is 14.7 Å². The maximum atomic E-state index is 11.3. The summed E-state index contributed by atoms with van der Waals surface area (Å²) in [5.41, 5.74) is -0.165. The summed E-state index contributed by atoms with van der Waals surface area (Å²) in [7, 11) is 1.91. The summed E-state index contributed by atoms with van der Waals surface area (Å²) in [6, 6.07) is 4.08. The zero-order chi connectivity index (χ0) is 18.9. The number of rotatable bonds is 4. The Hall–Kier alpha value is -2.19. The highest BCUT2D eigenvalue weighted by atomic mass is 16.5. The van der Waals surface area contributed by atoms with Gasteiger partial charge in [-0.2, -0.15) is 10.1 Å². The molecule has 1 saturated heterocycles. The van der Waals surface area contributed by atoms with Gasteiger partial charge in [0.15, 0.2) is 0 Å². The van der Waals surface area contributed by atoms with Crippen LogP contribution >= 0.6 is 0 Å². The van der Waals surface area contributed by atoms with Crippen molar-refractivity contribution in [1.29, 1.82) is 0 Å². The minimum absolute atomic E-state index is 0.229. The van der Waals surface area contributed by atoms with Crippen molar-refractivity contribution in [1.82, 2.24) is 20.2 Å². The van der Waals surface area contributed by atoms with E-state index in [9.17, 15) is 5.11 Å². The molecule has 2 N–H and O–H groups in total. The van der Waals surface area contributed by atoms with Crippen molar-refractivity contribution in [3.8, 4) is 0 Å². The van der Waals surface area contributed by atoms with Crippen molar-refractivity contribution < 1.29 is 9.84 Å². The molecule has 0 unspecified atom stereocenters. The second-order valence-electron chi connectivity index (χ2n) is 7.62. The molecule has 27 heavy (non-hydrogen) atoms. The van der Waals surface area contributed by atoms with Gasteiger partial charge in [-0.25, -0.2) is 4.98 Å². The number of aromatic amines is 1. The van der Waals surface area contributed by atoms with Crippen molar-refractivity contribution in [2.24, 2.45) is 0 Å². The molecule has 0 spiro atoms. The topological polar surface area (TPSA) is 90.4 Å².